The number of rotatable bonds is 6. The topological polar surface area (TPSA) is 87.2 Å². The molecular formula is C21H31N5O2S. The highest BCUT2D eigenvalue weighted by atomic mass is 32.2. The number of aromatic nitrogens is 2. The van der Waals surface area contributed by atoms with Crippen molar-refractivity contribution in [1.29, 1.82) is 0 Å². The Morgan fingerprint density at radius 2 is 1.97 bits per heavy atom. The van der Waals surface area contributed by atoms with E-state index in [2.05, 4.69) is 31.8 Å². The minimum atomic E-state index is -3.62. The lowest BCUT2D eigenvalue weighted by atomic mass is 10.0. The van der Waals surface area contributed by atoms with Crippen molar-refractivity contribution in [3.8, 4) is 0 Å². The first-order valence-corrected chi connectivity index (χ1v) is 11.6. The van der Waals surface area contributed by atoms with Crippen LogP contribution in [0.2, 0.25) is 0 Å². The van der Waals surface area contributed by atoms with Gasteiger partial charge in [0.15, 0.2) is 0 Å². The standard InChI is InChI=1S/C21H31N5O2S/c1-16-8-7-11-26(14-16)20-12-19(23-15-24-20)22-13-17-9-5-6-10-18(17)29(27,28)25-21(2,3)4/h5-6,9-10,12,15-16,25H,7-8,11,13-14H2,1-4H3,(H,22,23,24). The molecule has 7 nitrogen and oxygen atoms in total. The van der Waals surface area contributed by atoms with Crippen molar-refractivity contribution >= 4 is 21.7 Å². The maximum absolute atomic E-state index is 12.8. The van der Waals surface area contributed by atoms with Gasteiger partial charge in [0.2, 0.25) is 10.0 Å². The zero-order valence-corrected chi connectivity index (χ0v) is 18.5. The van der Waals surface area contributed by atoms with E-state index < -0.39 is 15.6 Å². The summed E-state index contributed by atoms with van der Waals surface area (Å²) in [5, 5.41) is 3.26. The van der Waals surface area contributed by atoms with E-state index in [0.717, 1.165) is 18.9 Å². The quantitative estimate of drug-likeness (QED) is 0.749. The highest BCUT2D eigenvalue weighted by Gasteiger charge is 2.24. The predicted molar refractivity (Wildman–Crippen MR) is 116 cm³/mol. The third kappa shape index (κ3) is 5.90. The summed E-state index contributed by atoms with van der Waals surface area (Å²) in [5.74, 6) is 2.25. The summed E-state index contributed by atoms with van der Waals surface area (Å²) in [5.41, 5.74) is 0.142. The summed E-state index contributed by atoms with van der Waals surface area (Å²) in [6.07, 6.45) is 3.97. The van der Waals surface area contributed by atoms with Crippen LogP contribution in [0.1, 0.15) is 46.1 Å². The van der Waals surface area contributed by atoms with Gasteiger partial charge in [-0.15, -0.1) is 0 Å². The van der Waals surface area contributed by atoms with E-state index in [9.17, 15) is 8.42 Å². The average molecular weight is 418 g/mol. The zero-order valence-electron chi connectivity index (χ0n) is 17.6. The number of hydrogen-bond donors (Lipinski definition) is 2. The molecule has 0 aliphatic carbocycles. The third-order valence-corrected chi connectivity index (χ3v) is 6.65. The van der Waals surface area contributed by atoms with Crippen molar-refractivity contribution in [2.24, 2.45) is 5.92 Å². The van der Waals surface area contributed by atoms with Gasteiger partial charge in [0.1, 0.15) is 18.0 Å². The molecule has 1 unspecified atom stereocenters. The van der Waals surface area contributed by atoms with Gasteiger partial charge in [0.05, 0.1) is 4.90 Å². The second-order valence-corrected chi connectivity index (χ2v) is 10.4. The van der Waals surface area contributed by atoms with E-state index in [1.54, 1.807) is 18.5 Å². The molecule has 1 aromatic carbocycles. The Balaban J connectivity index is 1.75. The van der Waals surface area contributed by atoms with E-state index in [1.807, 2.05) is 39.0 Å². The fourth-order valence-corrected chi connectivity index (χ4v) is 5.23. The van der Waals surface area contributed by atoms with Crippen LogP contribution in [0.25, 0.3) is 0 Å². The van der Waals surface area contributed by atoms with E-state index >= 15 is 0 Å². The summed E-state index contributed by atoms with van der Waals surface area (Å²) in [7, 11) is -3.62. The molecule has 8 heteroatoms. The van der Waals surface area contributed by atoms with Crippen LogP contribution in [0.5, 0.6) is 0 Å². The molecule has 29 heavy (non-hydrogen) atoms. The normalized spacial score (nSPS) is 17.9. The van der Waals surface area contributed by atoms with Crippen LogP contribution < -0.4 is 14.9 Å². The maximum Gasteiger partial charge on any atom is 0.241 e. The summed E-state index contributed by atoms with van der Waals surface area (Å²) in [6, 6.07) is 8.96. The molecule has 0 saturated carbocycles. The van der Waals surface area contributed by atoms with Gasteiger partial charge in [-0.2, -0.15) is 0 Å². The molecule has 0 bridgehead atoms. The van der Waals surface area contributed by atoms with Gasteiger partial charge in [0, 0.05) is 31.2 Å². The predicted octanol–water partition coefficient (Wildman–Crippen LogP) is 3.40. The van der Waals surface area contributed by atoms with E-state index in [1.165, 1.54) is 12.8 Å². The lowest BCUT2D eigenvalue weighted by molar-refractivity contribution is 0.444. The fraction of sp³-hybridized carbons (Fsp3) is 0.524. The molecule has 1 aliphatic heterocycles. The highest BCUT2D eigenvalue weighted by Crippen LogP contribution is 2.23. The number of nitrogens with zero attached hydrogens (tertiary/aromatic N) is 3. The molecular weight excluding hydrogens is 386 g/mol. The first kappa shape index (κ1) is 21.5. The molecule has 1 fully saturated rings. The van der Waals surface area contributed by atoms with Gasteiger partial charge < -0.3 is 10.2 Å². The van der Waals surface area contributed by atoms with Gasteiger partial charge in [-0.25, -0.2) is 23.1 Å². The van der Waals surface area contributed by atoms with Crippen LogP contribution in [0.15, 0.2) is 41.6 Å². The second-order valence-electron chi connectivity index (χ2n) is 8.77. The molecule has 1 aliphatic rings. The number of nitrogens with one attached hydrogen (secondary N) is 2. The van der Waals surface area contributed by atoms with Gasteiger partial charge in [-0.3, -0.25) is 0 Å². The molecule has 1 aromatic heterocycles. The van der Waals surface area contributed by atoms with Gasteiger partial charge in [-0.05, 0) is 51.2 Å². The summed E-state index contributed by atoms with van der Waals surface area (Å²) < 4.78 is 28.3. The monoisotopic (exact) mass is 417 g/mol. The first-order valence-electron chi connectivity index (χ1n) is 10.1. The van der Waals surface area contributed by atoms with Crippen LogP contribution in [0, 0.1) is 5.92 Å². The Kier molecular flexibility index (Phi) is 6.43. The average Bonchev–Trinajstić information content (AvgIpc) is 2.65. The molecule has 2 aromatic rings. The van der Waals surface area contributed by atoms with Crippen LogP contribution in [-0.4, -0.2) is 37.0 Å². The van der Waals surface area contributed by atoms with Crippen molar-refractivity contribution in [3.05, 3.63) is 42.2 Å². The van der Waals surface area contributed by atoms with E-state index in [-0.39, 0.29) is 4.90 Å². The Hall–Kier alpha value is -2.19. The Morgan fingerprint density at radius 3 is 2.69 bits per heavy atom. The van der Waals surface area contributed by atoms with E-state index in [0.29, 0.717) is 23.8 Å². The van der Waals surface area contributed by atoms with Crippen molar-refractivity contribution in [1.82, 2.24) is 14.7 Å². The molecule has 0 amide bonds. The lowest BCUT2D eigenvalue weighted by Crippen LogP contribution is -2.40. The number of benzene rings is 1. The van der Waals surface area contributed by atoms with Gasteiger partial charge >= 0.3 is 0 Å². The van der Waals surface area contributed by atoms with Crippen molar-refractivity contribution < 1.29 is 8.42 Å². The van der Waals surface area contributed by atoms with Crippen LogP contribution in [-0.2, 0) is 16.6 Å². The molecule has 2 heterocycles. The van der Waals surface area contributed by atoms with Crippen LogP contribution >= 0.6 is 0 Å². The minimum absolute atomic E-state index is 0.279. The Bertz CT molecular complexity index is 940. The number of anilines is 2. The molecule has 2 N–H and O–H groups in total. The lowest BCUT2D eigenvalue weighted by Gasteiger charge is -2.31. The number of sulfonamides is 1. The highest BCUT2D eigenvalue weighted by molar-refractivity contribution is 7.89. The Labute approximate surface area is 174 Å². The zero-order chi connectivity index (χ0) is 21.1. The van der Waals surface area contributed by atoms with Crippen molar-refractivity contribution in [2.75, 3.05) is 23.3 Å². The van der Waals surface area contributed by atoms with Gasteiger partial charge in [-0.1, -0.05) is 25.1 Å². The molecule has 3 rings (SSSR count). The van der Waals surface area contributed by atoms with Crippen molar-refractivity contribution in [2.45, 2.75) is 57.5 Å². The summed E-state index contributed by atoms with van der Waals surface area (Å²) in [4.78, 5) is 11.3. The molecule has 0 radical (unpaired) electrons. The molecule has 1 atom stereocenters. The van der Waals surface area contributed by atoms with Crippen LogP contribution in [0.3, 0.4) is 0 Å². The fourth-order valence-electron chi connectivity index (χ4n) is 3.57. The SMILES string of the molecule is CC1CCCN(c2cc(NCc3ccccc3S(=O)(=O)NC(C)(C)C)ncn2)C1. The summed E-state index contributed by atoms with van der Waals surface area (Å²) >= 11 is 0. The largest absolute Gasteiger partial charge is 0.366 e. The van der Waals surface area contributed by atoms with E-state index in [4.69, 9.17) is 0 Å². The molecule has 158 valence electrons. The third-order valence-electron chi connectivity index (χ3n) is 4.80. The molecule has 1 saturated heterocycles. The first-order chi connectivity index (χ1) is 13.6. The number of piperidine rings is 1. The number of hydrogen-bond acceptors (Lipinski definition) is 6. The smallest absolute Gasteiger partial charge is 0.241 e. The molecule has 0 spiro atoms. The van der Waals surface area contributed by atoms with Gasteiger partial charge in [0.25, 0.3) is 0 Å². The minimum Gasteiger partial charge on any atom is -0.366 e. The van der Waals surface area contributed by atoms with Crippen LogP contribution in [0.4, 0.5) is 11.6 Å². The maximum atomic E-state index is 12.8. The summed E-state index contributed by atoms with van der Waals surface area (Å²) in [6.45, 7) is 10.1. The van der Waals surface area contributed by atoms with Crippen molar-refractivity contribution in [3.63, 3.8) is 0 Å². The second kappa shape index (κ2) is 8.67. The Morgan fingerprint density at radius 1 is 1.21 bits per heavy atom.